The molecule has 2 N–H and O–H groups in total. The number of amides is 2. The lowest BCUT2D eigenvalue weighted by molar-refractivity contribution is -0.133. The third-order valence-corrected chi connectivity index (χ3v) is 5.80. The number of aryl methyl sites for hydroxylation is 2. The van der Waals surface area contributed by atoms with E-state index in [1.807, 2.05) is 24.8 Å². The number of carbonyl (C=O) groups is 2. The van der Waals surface area contributed by atoms with Gasteiger partial charge in [0, 0.05) is 31.3 Å². The van der Waals surface area contributed by atoms with Crippen molar-refractivity contribution < 1.29 is 9.59 Å². The van der Waals surface area contributed by atoms with Gasteiger partial charge in [0.25, 0.3) is 5.91 Å². The van der Waals surface area contributed by atoms with Crippen LogP contribution in [0.1, 0.15) is 44.7 Å². The summed E-state index contributed by atoms with van der Waals surface area (Å²) in [4.78, 5) is 37.1. The van der Waals surface area contributed by atoms with E-state index in [4.69, 9.17) is 0 Å². The van der Waals surface area contributed by atoms with E-state index in [0.29, 0.717) is 38.3 Å². The van der Waals surface area contributed by atoms with E-state index >= 15 is 0 Å². The summed E-state index contributed by atoms with van der Waals surface area (Å²) in [7, 11) is 0. The lowest BCUT2D eigenvalue weighted by Gasteiger charge is -2.28. The largest absolute Gasteiger partial charge is 0.344 e. The lowest BCUT2D eigenvalue weighted by atomic mass is 10.0. The molecule has 2 amide bonds. The van der Waals surface area contributed by atoms with E-state index in [2.05, 4.69) is 25.3 Å². The summed E-state index contributed by atoms with van der Waals surface area (Å²) in [6.45, 7) is 6.18. The molecule has 0 saturated carbocycles. The number of nitrogens with one attached hydrogen (secondary N) is 2. The Morgan fingerprint density at radius 1 is 1.10 bits per heavy atom. The fourth-order valence-corrected chi connectivity index (χ4v) is 4.26. The molecule has 0 saturated heterocycles. The smallest absolute Gasteiger partial charge is 0.275 e. The Kier molecular flexibility index (Phi) is 4.41. The first-order chi connectivity index (χ1) is 14.5. The zero-order valence-corrected chi connectivity index (χ0v) is 17.1. The molecular formula is C20H24N8O2. The number of hydrogen-bond donors (Lipinski definition) is 2. The Balaban J connectivity index is 1.28. The van der Waals surface area contributed by atoms with Gasteiger partial charge in [0.15, 0.2) is 5.69 Å². The second-order valence-corrected chi connectivity index (χ2v) is 7.97. The molecule has 0 fully saturated rings. The average Bonchev–Trinajstić information content (AvgIpc) is 3.43. The van der Waals surface area contributed by atoms with Crippen molar-refractivity contribution in [2.24, 2.45) is 0 Å². The first kappa shape index (κ1) is 18.6. The number of carbonyl (C=O) groups excluding carboxylic acids is 2. The van der Waals surface area contributed by atoms with Crippen LogP contribution in [0, 0.1) is 13.8 Å². The molecule has 0 spiro atoms. The molecule has 30 heavy (non-hydrogen) atoms. The van der Waals surface area contributed by atoms with Gasteiger partial charge in [-0.3, -0.25) is 19.4 Å². The number of fused-ring (bicyclic) bond motifs is 2. The molecule has 2 aliphatic heterocycles. The zero-order chi connectivity index (χ0) is 20.8. The molecule has 2 aliphatic rings. The number of H-pyrrole nitrogens is 2. The van der Waals surface area contributed by atoms with Gasteiger partial charge in [-0.05, 0) is 26.3 Å². The Labute approximate surface area is 173 Å². The topological polar surface area (TPSA) is 116 Å². The first-order valence-corrected chi connectivity index (χ1v) is 10.2. The molecular weight excluding hydrogens is 384 g/mol. The fraction of sp³-hybridized carbons (Fsp3) is 0.450. The normalized spacial score (nSPS) is 15.8. The van der Waals surface area contributed by atoms with Crippen LogP contribution in [0.5, 0.6) is 0 Å². The van der Waals surface area contributed by atoms with Gasteiger partial charge in [0.1, 0.15) is 12.4 Å². The average molecular weight is 408 g/mol. The van der Waals surface area contributed by atoms with E-state index in [9.17, 15) is 9.59 Å². The summed E-state index contributed by atoms with van der Waals surface area (Å²) in [5.74, 6) is 0.808. The van der Waals surface area contributed by atoms with Crippen molar-refractivity contribution in [3.05, 3.63) is 52.1 Å². The molecule has 0 aliphatic carbocycles. The molecule has 0 atom stereocenters. The second kappa shape index (κ2) is 7.12. The van der Waals surface area contributed by atoms with Crippen molar-refractivity contribution in [1.29, 1.82) is 0 Å². The summed E-state index contributed by atoms with van der Waals surface area (Å²) in [6, 6.07) is 1.88. The second-order valence-electron chi connectivity index (χ2n) is 7.97. The number of nitrogens with zero attached hydrogens (tertiary/aromatic N) is 6. The minimum atomic E-state index is -0.0720. The van der Waals surface area contributed by atoms with Gasteiger partial charge < -0.3 is 14.8 Å². The highest BCUT2D eigenvalue weighted by molar-refractivity contribution is 5.94. The Morgan fingerprint density at radius 3 is 2.70 bits per heavy atom. The molecule has 0 radical (unpaired) electrons. The highest BCUT2D eigenvalue weighted by Gasteiger charge is 2.31. The highest BCUT2D eigenvalue weighted by Crippen LogP contribution is 2.24. The van der Waals surface area contributed by atoms with Crippen LogP contribution in [0.2, 0.25) is 0 Å². The molecule has 5 rings (SSSR count). The Hall–Kier alpha value is -3.43. The van der Waals surface area contributed by atoms with Gasteiger partial charge in [-0.2, -0.15) is 10.2 Å². The number of imidazole rings is 1. The third kappa shape index (κ3) is 3.27. The van der Waals surface area contributed by atoms with Gasteiger partial charge in [-0.25, -0.2) is 4.98 Å². The van der Waals surface area contributed by atoms with Crippen molar-refractivity contribution in [3.63, 3.8) is 0 Å². The van der Waals surface area contributed by atoms with E-state index in [1.165, 1.54) is 0 Å². The number of rotatable bonds is 3. The van der Waals surface area contributed by atoms with Crippen LogP contribution in [0.25, 0.3) is 0 Å². The van der Waals surface area contributed by atoms with Crippen LogP contribution >= 0.6 is 0 Å². The van der Waals surface area contributed by atoms with Gasteiger partial charge in [0.05, 0.1) is 35.9 Å². The standard InChI is InChI=1S/C20H24N8O2/c1-12-3-8-28(25-12)11-18(29)26-6-4-14-16(9-26)23-24-19(14)20(30)27-7-5-15-17(10-27)22-13(2)21-15/h3,8H,4-7,9-11H2,1-2H3,(H,21,22)(H,23,24). The summed E-state index contributed by atoms with van der Waals surface area (Å²) in [5, 5.41) is 11.6. The van der Waals surface area contributed by atoms with Crippen LogP contribution < -0.4 is 0 Å². The van der Waals surface area contributed by atoms with Crippen LogP contribution in [-0.2, 0) is 37.3 Å². The molecule has 10 heteroatoms. The van der Waals surface area contributed by atoms with Crippen molar-refractivity contribution in [3.8, 4) is 0 Å². The van der Waals surface area contributed by atoms with Crippen LogP contribution in [-0.4, -0.2) is 64.6 Å². The summed E-state index contributed by atoms with van der Waals surface area (Å²) >= 11 is 0. The fourth-order valence-electron chi connectivity index (χ4n) is 4.26. The monoisotopic (exact) mass is 408 g/mol. The molecule has 3 aromatic heterocycles. The Morgan fingerprint density at radius 2 is 1.90 bits per heavy atom. The first-order valence-electron chi connectivity index (χ1n) is 10.2. The van der Waals surface area contributed by atoms with Crippen molar-refractivity contribution in [2.45, 2.75) is 46.3 Å². The molecule has 10 nitrogen and oxygen atoms in total. The predicted octanol–water partition coefficient (Wildman–Crippen LogP) is 0.730. The molecule has 0 aromatic carbocycles. The summed E-state index contributed by atoms with van der Waals surface area (Å²) < 4.78 is 1.65. The highest BCUT2D eigenvalue weighted by atomic mass is 16.2. The lowest BCUT2D eigenvalue weighted by Crippen LogP contribution is -2.39. The van der Waals surface area contributed by atoms with E-state index in [1.54, 1.807) is 15.8 Å². The summed E-state index contributed by atoms with van der Waals surface area (Å²) in [5.41, 5.74) is 5.16. The molecule has 0 bridgehead atoms. The van der Waals surface area contributed by atoms with Crippen molar-refractivity contribution >= 4 is 11.8 Å². The quantitative estimate of drug-likeness (QED) is 0.663. The molecule has 3 aromatic rings. The van der Waals surface area contributed by atoms with Crippen molar-refractivity contribution in [2.75, 3.05) is 13.1 Å². The van der Waals surface area contributed by atoms with E-state index in [0.717, 1.165) is 40.6 Å². The maximum Gasteiger partial charge on any atom is 0.275 e. The van der Waals surface area contributed by atoms with E-state index in [-0.39, 0.29) is 18.4 Å². The number of aromatic nitrogens is 6. The van der Waals surface area contributed by atoms with Gasteiger partial charge in [-0.1, -0.05) is 0 Å². The predicted molar refractivity (Wildman–Crippen MR) is 106 cm³/mol. The Bertz CT molecular complexity index is 1120. The molecule has 156 valence electrons. The van der Waals surface area contributed by atoms with Crippen LogP contribution in [0.4, 0.5) is 0 Å². The third-order valence-electron chi connectivity index (χ3n) is 5.80. The molecule has 5 heterocycles. The molecule has 0 unspecified atom stereocenters. The number of hydrogen-bond acceptors (Lipinski definition) is 5. The maximum absolute atomic E-state index is 13.1. The van der Waals surface area contributed by atoms with Crippen molar-refractivity contribution in [1.82, 2.24) is 39.7 Å². The van der Waals surface area contributed by atoms with Crippen LogP contribution in [0.15, 0.2) is 12.3 Å². The van der Waals surface area contributed by atoms with Gasteiger partial charge in [-0.15, -0.1) is 0 Å². The minimum absolute atomic E-state index is 0.00408. The maximum atomic E-state index is 13.1. The summed E-state index contributed by atoms with van der Waals surface area (Å²) in [6.07, 6.45) is 3.16. The van der Waals surface area contributed by atoms with Gasteiger partial charge in [0.2, 0.25) is 5.91 Å². The zero-order valence-electron chi connectivity index (χ0n) is 17.1. The minimum Gasteiger partial charge on any atom is -0.344 e. The van der Waals surface area contributed by atoms with Gasteiger partial charge >= 0.3 is 0 Å². The SMILES string of the molecule is Cc1ccn(CC(=O)N2CCc3c(C(=O)N4CCc5nc(C)[nH]c5C4)n[nH]c3C2)n1. The van der Waals surface area contributed by atoms with Crippen LogP contribution in [0.3, 0.4) is 0 Å². The van der Waals surface area contributed by atoms with E-state index < -0.39 is 0 Å². The number of aromatic amines is 2.